The molecule has 0 aliphatic carbocycles. The summed E-state index contributed by atoms with van der Waals surface area (Å²) in [5.41, 5.74) is 5.54. The summed E-state index contributed by atoms with van der Waals surface area (Å²) in [4.78, 5) is 56.1. The van der Waals surface area contributed by atoms with Crippen LogP contribution >= 0.6 is 11.8 Å². The Hall–Kier alpha value is -2.34. The smallest absolute Gasteiger partial charge is 0.326 e. The Labute approximate surface area is 147 Å². The second-order valence-corrected chi connectivity index (χ2v) is 5.96. The van der Waals surface area contributed by atoms with Crippen LogP contribution in [0.25, 0.3) is 0 Å². The Morgan fingerprint density at radius 2 is 1.52 bits per heavy atom. The van der Waals surface area contributed by atoms with Crippen molar-refractivity contribution < 1.29 is 39.3 Å². The Morgan fingerprint density at radius 1 is 0.960 bits per heavy atom. The third-order valence-electron chi connectivity index (χ3n) is 2.97. The van der Waals surface area contributed by atoms with Crippen LogP contribution in [0.4, 0.5) is 0 Å². The molecule has 0 saturated heterocycles. The van der Waals surface area contributed by atoms with Crippen molar-refractivity contribution in [2.75, 3.05) is 12.0 Å². The van der Waals surface area contributed by atoms with Gasteiger partial charge in [-0.1, -0.05) is 0 Å². The molecular weight excluding hydrogens is 358 g/mol. The van der Waals surface area contributed by atoms with Gasteiger partial charge in [0.2, 0.25) is 11.8 Å². The number of hydrogen-bond acceptors (Lipinski definition) is 7. The average Bonchev–Trinajstić information content (AvgIpc) is 2.50. The van der Waals surface area contributed by atoms with E-state index in [0.717, 1.165) is 0 Å². The van der Waals surface area contributed by atoms with Gasteiger partial charge in [-0.3, -0.25) is 19.2 Å². The second kappa shape index (κ2) is 11.3. The van der Waals surface area contributed by atoms with Crippen molar-refractivity contribution in [1.29, 1.82) is 0 Å². The molecule has 0 bridgehead atoms. The predicted octanol–water partition coefficient (Wildman–Crippen LogP) is -1.93. The van der Waals surface area contributed by atoms with Gasteiger partial charge in [0.15, 0.2) is 0 Å². The fraction of sp³-hybridized carbons (Fsp3) is 0.615. The van der Waals surface area contributed by atoms with E-state index in [-0.39, 0.29) is 18.6 Å². The quantitative estimate of drug-likeness (QED) is 0.222. The minimum absolute atomic E-state index is 0.0859. The molecule has 0 aliphatic rings. The fourth-order valence-corrected chi connectivity index (χ4v) is 2.25. The predicted molar refractivity (Wildman–Crippen MR) is 87.0 cm³/mol. The summed E-state index contributed by atoms with van der Waals surface area (Å²) in [6.07, 6.45) is 0.362. The van der Waals surface area contributed by atoms with Crippen molar-refractivity contribution in [1.82, 2.24) is 10.6 Å². The van der Waals surface area contributed by atoms with Crippen LogP contribution in [0.15, 0.2) is 0 Å². The van der Waals surface area contributed by atoms with Crippen LogP contribution in [0.5, 0.6) is 0 Å². The van der Waals surface area contributed by atoms with Crippen LogP contribution in [0.2, 0.25) is 0 Å². The summed E-state index contributed by atoms with van der Waals surface area (Å²) in [5.74, 6) is -5.61. The molecule has 142 valence electrons. The van der Waals surface area contributed by atoms with Gasteiger partial charge in [-0.25, -0.2) is 4.79 Å². The zero-order chi connectivity index (χ0) is 19.6. The minimum atomic E-state index is -1.65. The molecule has 2 amide bonds. The first kappa shape index (κ1) is 22.7. The van der Waals surface area contributed by atoms with Crippen LogP contribution in [0.3, 0.4) is 0 Å². The number of carbonyl (C=O) groups excluding carboxylic acids is 2. The van der Waals surface area contributed by atoms with E-state index in [1.54, 1.807) is 6.26 Å². The van der Waals surface area contributed by atoms with Gasteiger partial charge >= 0.3 is 17.9 Å². The van der Waals surface area contributed by atoms with Gasteiger partial charge in [0, 0.05) is 12.2 Å². The molecule has 25 heavy (non-hydrogen) atoms. The number of carbonyl (C=O) groups is 5. The lowest BCUT2D eigenvalue weighted by molar-refractivity contribution is -0.147. The molecule has 0 radical (unpaired) electrons. The van der Waals surface area contributed by atoms with E-state index in [1.165, 1.54) is 11.8 Å². The molecule has 0 aromatic rings. The highest BCUT2D eigenvalue weighted by molar-refractivity contribution is 7.98. The fourth-order valence-electron chi connectivity index (χ4n) is 1.69. The monoisotopic (exact) mass is 379 g/mol. The molecule has 0 aromatic heterocycles. The molecule has 3 unspecified atom stereocenters. The molecule has 7 N–H and O–H groups in total. The topological polar surface area (TPSA) is 196 Å². The third kappa shape index (κ3) is 9.52. The van der Waals surface area contributed by atoms with E-state index >= 15 is 0 Å². The number of amides is 2. The Kier molecular flexibility index (Phi) is 10.2. The van der Waals surface area contributed by atoms with E-state index in [4.69, 9.17) is 21.1 Å². The van der Waals surface area contributed by atoms with Crippen LogP contribution in [-0.4, -0.2) is 75.2 Å². The van der Waals surface area contributed by atoms with Gasteiger partial charge < -0.3 is 31.7 Å². The number of nitrogens with two attached hydrogens (primary N) is 1. The number of nitrogens with one attached hydrogen (secondary N) is 2. The maximum Gasteiger partial charge on any atom is 0.326 e. The number of aliphatic carboxylic acids is 3. The number of thioether (sulfide) groups is 1. The Bertz CT molecular complexity index is 527. The van der Waals surface area contributed by atoms with Gasteiger partial charge in [0.1, 0.15) is 12.1 Å². The first-order valence-electron chi connectivity index (χ1n) is 7.10. The van der Waals surface area contributed by atoms with Gasteiger partial charge in [0.05, 0.1) is 12.5 Å². The number of rotatable bonds is 12. The average molecular weight is 379 g/mol. The van der Waals surface area contributed by atoms with E-state index in [2.05, 4.69) is 5.32 Å². The molecule has 0 spiro atoms. The number of carboxylic acid groups (broad SMARTS) is 3. The number of carboxylic acids is 3. The molecule has 0 rings (SSSR count). The van der Waals surface area contributed by atoms with Crippen LogP contribution < -0.4 is 16.4 Å². The summed E-state index contributed by atoms with van der Waals surface area (Å²) in [6, 6.07) is -3.94. The molecule has 11 nitrogen and oxygen atoms in total. The first-order chi connectivity index (χ1) is 11.6. The highest BCUT2D eigenvalue weighted by Crippen LogP contribution is 2.02. The Balaban J connectivity index is 4.87. The van der Waals surface area contributed by atoms with E-state index in [0.29, 0.717) is 0 Å². The van der Waals surface area contributed by atoms with Gasteiger partial charge in [-0.15, -0.1) is 0 Å². The van der Waals surface area contributed by atoms with E-state index in [1.807, 2.05) is 5.32 Å². The van der Waals surface area contributed by atoms with Crippen molar-refractivity contribution in [2.45, 2.75) is 37.4 Å². The standard InChI is InChI=1S/C13H21N3O8S/c1-25-5-8(16-11(21)6(14)2-3-9(17)18)12(22)15-7(13(23)24)4-10(19)20/h6-8H,2-5,14H2,1H3,(H,15,22)(H,16,21)(H,17,18)(H,19,20)(H,23,24). The van der Waals surface area contributed by atoms with Crippen molar-refractivity contribution in [2.24, 2.45) is 5.73 Å². The van der Waals surface area contributed by atoms with Gasteiger partial charge in [0.25, 0.3) is 0 Å². The van der Waals surface area contributed by atoms with Crippen molar-refractivity contribution in [3.63, 3.8) is 0 Å². The highest BCUT2D eigenvalue weighted by atomic mass is 32.2. The van der Waals surface area contributed by atoms with Gasteiger partial charge in [-0.2, -0.15) is 11.8 Å². The molecule has 0 aliphatic heterocycles. The van der Waals surface area contributed by atoms with E-state index in [9.17, 15) is 24.0 Å². The molecule has 0 fully saturated rings. The molecule has 0 aromatic carbocycles. The first-order valence-corrected chi connectivity index (χ1v) is 8.49. The molecule has 0 saturated carbocycles. The highest BCUT2D eigenvalue weighted by Gasteiger charge is 2.29. The summed E-state index contributed by atoms with van der Waals surface area (Å²) < 4.78 is 0. The molecule has 3 atom stereocenters. The zero-order valence-corrected chi connectivity index (χ0v) is 14.2. The van der Waals surface area contributed by atoms with Gasteiger partial charge in [-0.05, 0) is 12.7 Å². The SMILES string of the molecule is CSCC(NC(=O)C(N)CCC(=O)O)C(=O)NC(CC(=O)O)C(=O)O. The molecule has 0 heterocycles. The van der Waals surface area contributed by atoms with Crippen molar-refractivity contribution >= 4 is 41.5 Å². The summed E-state index contributed by atoms with van der Waals surface area (Å²) in [5, 5.41) is 30.5. The maximum absolute atomic E-state index is 12.1. The van der Waals surface area contributed by atoms with Crippen LogP contribution in [0, 0.1) is 0 Å². The minimum Gasteiger partial charge on any atom is -0.481 e. The zero-order valence-electron chi connectivity index (χ0n) is 13.4. The lowest BCUT2D eigenvalue weighted by Gasteiger charge is -2.21. The third-order valence-corrected chi connectivity index (χ3v) is 3.63. The normalized spacial score (nSPS) is 14.0. The summed E-state index contributed by atoms with van der Waals surface area (Å²) in [7, 11) is 0. The number of hydrogen-bond donors (Lipinski definition) is 6. The lowest BCUT2D eigenvalue weighted by atomic mass is 10.1. The second-order valence-electron chi connectivity index (χ2n) is 5.05. The van der Waals surface area contributed by atoms with E-state index < -0.39 is 54.3 Å². The van der Waals surface area contributed by atoms with Crippen molar-refractivity contribution in [3.05, 3.63) is 0 Å². The molecule has 12 heteroatoms. The summed E-state index contributed by atoms with van der Waals surface area (Å²) >= 11 is 1.19. The lowest BCUT2D eigenvalue weighted by Crippen LogP contribution is -2.55. The Morgan fingerprint density at radius 3 is 1.96 bits per heavy atom. The van der Waals surface area contributed by atoms with Crippen molar-refractivity contribution in [3.8, 4) is 0 Å². The molecular formula is C13H21N3O8S. The largest absolute Gasteiger partial charge is 0.481 e. The van der Waals surface area contributed by atoms with Crippen LogP contribution in [0.1, 0.15) is 19.3 Å². The summed E-state index contributed by atoms with van der Waals surface area (Å²) in [6.45, 7) is 0. The maximum atomic E-state index is 12.1. The van der Waals surface area contributed by atoms with Crippen LogP contribution in [-0.2, 0) is 24.0 Å².